The molecule has 0 saturated carbocycles. The largest absolute Gasteiger partial charge is 0.382 e. The maximum atomic E-state index is 10.4. The van der Waals surface area contributed by atoms with E-state index in [9.17, 15) is 9.90 Å². The Labute approximate surface area is 82.2 Å². The number of benzene rings is 1. The van der Waals surface area contributed by atoms with E-state index in [0.717, 1.165) is 5.56 Å². The highest BCUT2D eigenvalue weighted by Crippen LogP contribution is 2.19. The third-order valence-electron chi connectivity index (χ3n) is 1.76. The summed E-state index contributed by atoms with van der Waals surface area (Å²) in [7, 11) is 0. The summed E-state index contributed by atoms with van der Waals surface area (Å²) in [5.41, 5.74) is -0.549. The van der Waals surface area contributed by atoms with Crippen molar-refractivity contribution in [1.29, 1.82) is 0 Å². The molecule has 0 bridgehead atoms. The zero-order valence-corrected chi connectivity index (χ0v) is 8.08. The van der Waals surface area contributed by atoms with Gasteiger partial charge in [0.25, 0.3) is 0 Å². The number of hydrogen-bond acceptors (Lipinski definition) is 2. The summed E-state index contributed by atoms with van der Waals surface area (Å²) in [5, 5.41) is 10.0. The van der Waals surface area contributed by atoms with Crippen LogP contribution in [0.25, 0.3) is 0 Å². The molecule has 0 fully saturated rings. The predicted molar refractivity (Wildman–Crippen MR) is 51.8 cm³/mol. The second kappa shape index (κ2) is 3.90. The molecule has 1 N–H and O–H groups in total. The van der Waals surface area contributed by atoms with E-state index in [1.807, 2.05) is 12.1 Å². The fourth-order valence-corrected chi connectivity index (χ4v) is 1.27. The first kappa shape index (κ1) is 10.2. The van der Waals surface area contributed by atoms with Crippen molar-refractivity contribution in [2.75, 3.05) is 0 Å². The Bertz CT molecular complexity index is 308. The van der Waals surface area contributed by atoms with Gasteiger partial charge in [-0.2, -0.15) is 0 Å². The lowest BCUT2D eigenvalue weighted by Crippen LogP contribution is -2.28. The van der Waals surface area contributed by atoms with Crippen molar-refractivity contribution in [2.45, 2.75) is 18.9 Å². The Balaban J connectivity index is 2.86. The number of carbonyl (C=O) groups is 1. The van der Waals surface area contributed by atoms with E-state index >= 15 is 0 Å². The molecular weight excluding hydrogens is 188 g/mol. The number of hydrogen-bond donors (Lipinski definition) is 1. The molecule has 1 atom stereocenters. The van der Waals surface area contributed by atoms with Crippen molar-refractivity contribution in [3.05, 3.63) is 34.9 Å². The fraction of sp³-hybridized carbons (Fsp3) is 0.300. The van der Waals surface area contributed by atoms with Crippen LogP contribution < -0.4 is 0 Å². The summed E-state index contributed by atoms with van der Waals surface area (Å²) < 4.78 is 0. The van der Waals surface area contributed by atoms with Gasteiger partial charge in [0.1, 0.15) is 5.60 Å². The van der Waals surface area contributed by atoms with Gasteiger partial charge in [-0.15, -0.1) is 0 Å². The molecule has 0 saturated heterocycles. The van der Waals surface area contributed by atoms with E-state index in [0.29, 0.717) is 11.3 Å². The first-order valence-electron chi connectivity index (χ1n) is 3.97. The maximum Gasteiger partial charge on any atom is 0.151 e. The van der Waals surface area contributed by atoms with Crippen molar-refractivity contribution in [1.82, 2.24) is 0 Å². The molecule has 0 aliphatic carbocycles. The van der Waals surface area contributed by atoms with Crippen molar-refractivity contribution in [2.24, 2.45) is 0 Å². The van der Waals surface area contributed by atoms with Crippen molar-refractivity contribution >= 4 is 17.9 Å². The SMILES string of the molecule is CC(O)(C=O)Cc1ccccc1Cl. The van der Waals surface area contributed by atoms with E-state index in [1.54, 1.807) is 12.1 Å². The van der Waals surface area contributed by atoms with E-state index in [2.05, 4.69) is 0 Å². The summed E-state index contributed by atoms with van der Waals surface area (Å²) in [6.07, 6.45) is 0.770. The van der Waals surface area contributed by atoms with Crippen LogP contribution in [0.1, 0.15) is 12.5 Å². The molecule has 0 aromatic heterocycles. The van der Waals surface area contributed by atoms with Gasteiger partial charge in [-0.25, -0.2) is 0 Å². The van der Waals surface area contributed by atoms with Crippen LogP contribution in [0, 0.1) is 0 Å². The Morgan fingerprint density at radius 3 is 2.69 bits per heavy atom. The van der Waals surface area contributed by atoms with Gasteiger partial charge in [-0.1, -0.05) is 29.8 Å². The van der Waals surface area contributed by atoms with Gasteiger partial charge >= 0.3 is 0 Å². The lowest BCUT2D eigenvalue weighted by Gasteiger charge is -2.15. The lowest BCUT2D eigenvalue weighted by atomic mass is 9.98. The fourth-order valence-electron chi connectivity index (χ4n) is 1.07. The molecule has 1 aromatic rings. The second-order valence-corrected chi connectivity index (χ2v) is 3.65. The Hall–Kier alpha value is -0.860. The quantitative estimate of drug-likeness (QED) is 0.753. The van der Waals surface area contributed by atoms with Gasteiger partial charge in [0, 0.05) is 11.4 Å². The molecule has 13 heavy (non-hydrogen) atoms. The van der Waals surface area contributed by atoms with Crippen molar-refractivity contribution in [3.63, 3.8) is 0 Å². The van der Waals surface area contributed by atoms with Gasteiger partial charge in [0.2, 0.25) is 0 Å². The molecule has 0 amide bonds. The van der Waals surface area contributed by atoms with Crippen LogP contribution in [0.5, 0.6) is 0 Å². The van der Waals surface area contributed by atoms with Crippen LogP contribution in [0.15, 0.2) is 24.3 Å². The molecule has 0 aliphatic rings. The smallest absolute Gasteiger partial charge is 0.151 e. The Kier molecular flexibility index (Phi) is 3.07. The molecule has 1 rings (SSSR count). The van der Waals surface area contributed by atoms with E-state index in [-0.39, 0.29) is 6.42 Å². The van der Waals surface area contributed by atoms with Crippen LogP contribution in [0.4, 0.5) is 0 Å². The van der Waals surface area contributed by atoms with Crippen molar-refractivity contribution < 1.29 is 9.90 Å². The first-order valence-corrected chi connectivity index (χ1v) is 4.35. The standard InChI is InChI=1S/C10H11ClO2/c1-10(13,7-12)6-8-4-2-3-5-9(8)11/h2-5,7,13H,6H2,1H3. The Morgan fingerprint density at radius 2 is 2.15 bits per heavy atom. The van der Waals surface area contributed by atoms with Crippen LogP contribution in [0.2, 0.25) is 5.02 Å². The summed E-state index contributed by atoms with van der Waals surface area (Å²) in [6, 6.07) is 7.15. The highest BCUT2D eigenvalue weighted by Gasteiger charge is 2.20. The highest BCUT2D eigenvalue weighted by atomic mass is 35.5. The lowest BCUT2D eigenvalue weighted by molar-refractivity contribution is -0.122. The monoisotopic (exact) mass is 198 g/mol. The number of rotatable bonds is 3. The minimum absolute atomic E-state index is 0.246. The molecule has 1 unspecified atom stereocenters. The predicted octanol–water partition coefficient (Wildman–Crippen LogP) is 1.83. The van der Waals surface area contributed by atoms with E-state index < -0.39 is 5.60 Å². The molecule has 70 valence electrons. The number of aliphatic hydroxyl groups is 1. The average Bonchev–Trinajstić information content (AvgIpc) is 2.09. The maximum absolute atomic E-state index is 10.4. The minimum Gasteiger partial charge on any atom is -0.382 e. The van der Waals surface area contributed by atoms with E-state index in [4.69, 9.17) is 11.6 Å². The third kappa shape index (κ3) is 2.83. The number of carbonyl (C=O) groups excluding carboxylic acids is 1. The van der Waals surface area contributed by atoms with Crippen LogP contribution in [-0.4, -0.2) is 17.0 Å². The van der Waals surface area contributed by atoms with Crippen molar-refractivity contribution in [3.8, 4) is 0 Å². The zero-order chi connectivity index (χ0) is 9.90. The molecule has 0 aliphatic heterocycles. The molecular formula is C10H11ClO2. The van der Waals surface area contributed by atoms with Gasteiger partial charge < -0.3 is 9.90 Å². The van der Waals surface area contributed by atoms with Gasteiger partial charge in [0.15, 0.2) is 6.29 Å². The third-order valence-corrected chi connectivity index (χ3v) is 2.13. The minimum atomic E-state index is -1.33. The average molecular weight is 199 g/mol. The van der Waals surface area contributed by atoms with Crippen LogP contribution in [-0.2, 0) is 11.2 Å². The topological polar surface area (TPSA) is 37.3 Å². The van der Waals surface area contributed by atoms with Gasteiger partial charge in [-0.05, 0) is 18.6 Å². The summed E-state index contributed by atoms with van der Waals surface area (Å²) in [4.78, 5) is 10.4. The van der Waals surface area contributed by atoms with E-state index in [1.165, 1.54) is 6.92 Å². The summed E-state index contributed by atoms with van der Waals surface area (Å²) >= 11 is 5.86. The molecule has 1 aromatic carbocycles. The molecule has 0 spiro atoms. The highest BCUT2D eigenvalue weighted by molar-refractivity contribution is 6.31. The van der Waals surface area contributed by atoms with Gasteiger partial charge in [-0.3, -0.25) is 0 Å². The van der Waals surface area contributed by atoms with Gasteiger partial charge in [0.05, 0.1) is 0 Å². The second-order valence-electron chi connectivity index (χ2n) is 3.24. The molecule has 3 heteroatoms. The summed E-state index contributed by atoms with van der Waals surface area (Å²) in [6.45, 7) is 1.46. The van der Waals surface area contributed by atoms with Crippen LogP contribution >= 0.6 is 11.6 Å². The molecule has 0 heterocycles. The normalized spacial score (nSPS) is 15.0. The first-order chi connectivity index (χ1) is 6.05. The Morgan fingerprint density at radius 1 is 1.54 bits per heavy atom. The summed E-state index contributed by atoms with van der Waals surface area (Å²) in [5.74, 6) is 0. The number of aldehydes is 1. The van der Waals surface area contributed by atoms with Crippen LogP contribution in [0.3, 0.4) is 0 Å². The molecule has 2 nitrogen and oxygen atoms in total. The zero-order valence-electron chi connectivity index (χ0n) is 7.33. The number of halogens is 1. The molecule has 0 radical (unpaired) electrons.